The quantitative estimate of drug-likeness (QED) is 0.757. The molecule has 1 aliphatic rings. The molecule has 140 valence electrons. The van der Waals surface area contributed by atoms with Crippen LogP contribution in [0.3, 0.4) is 0 Å². The second-order valence-electron chi connectivity index (χ2n) is 7.15. The fourth-order valence-electron chi connectivity index (χ4n) is 3.57. The first-order valence-electron chi connectivity index (χ1n) is 9.35. The van der Waals surface area contributed by atoms with E-state index in [1.807, 2.05) is 44.2 Å². The molecule has 4 rings (SSSR count). The van der Waals surface area contributed by atoms with Crippen molar-refractivity contribution in [2.75, 3.05) is 0 Å². The first-order valence-corrected chi connectivity index (χ1v) is 9.35. The van der Waals surface area contributed by atoms with Gasteiger partial charge in [-0.15, -0.1) is 0 Å². The number of para-hydroxylation sites is 1. The number of fused-ring (bicyclic) bond motifs is 1. The number of hydrogen-bond donors (Lipinski definition) is 1. The molecule has 27 heavy (non-hydrogen) atoms. The molecule has 0 saturated heterocycles. The molecule has 0 spiro atoms. The van der Waals surface area contributed by atoms with Crippen LogP contribution in [0.15, 0.2) is 40.8 Å². The van der Waals surface area contributed by atoms with Crippen molar-refractivity contribution in [3.05, 3.63) is 53.5 Å². The number of hydrogen-bond acceptors (Lipinski definition) is 5. The normalized spacial score (nSPS) is 19.8. The molecule has 1 amide bonds. The molecule has 2 heterocycles. The molecular formula is C21H23N3O3. The van der Waals surface area contributed by atoms with Gasteiger partial charge in [-0.05, 0) is 57.7 Å². The molecule has 1 aromatic carbocycles. The van der Waals surface area contributed by atoms with Crippen LogP contribution in [0.1, 0.15) is 47.6 Å². The van der Waals surface area contributed by atoms with Crippen LogP contribution < -0.4 is 10.1 Å². The molecule has 0 radical (unpaired) electrons. The summed E-state index contributed by atoms with van der Waals surface area (Å²) >= 11 is 0. The van der Waals surface area contributed by atoms with Crippen LogP contribution >= 0.6 is 0 Å². The monoisotopic (exact) mass is 365 g/mol. The standard InChI is InChI=1S/C21H23N3O3/c1-13-11-14(2)23-21(22-13)26-17-9-7-16(8-10-17)24-20(25)19-12-15-5-3-4-6-18(15)27-19/h3-6,11-12,16-17H,7-10H2,1-2H3,(H,24,25). The lowest BCUT2D eigenvalue weighted by Gasteiger charge is -2.28. The molecule has 1 N–H and O–H groups in total. The van der Waals surface area contributed by atoms with Gasteiger partial charge in [0, 0.05) is 22.8 Å². The Morgan fingerprint density at radius 1 is 1.07 bits per heavy atom. The number of nitrogens with zero attached hydrogens (tertiary/aromatic N) is 2. The van der Waals surface area contributed by atoms with Crippen molar-refractivity contribution in [1.29, 1.82) is 0 Å². The van der Waals surface area contributed by atoms with E-state index < -0.39 is 0 Å². The molecule has 3 aromatic rings. The van der Waals surface area contributed by atoms with Crippen molar-refractivity contribution in [2.24, 2.45) is 0 Å². The van der Waals surface area contributed by atoms with E-state index in [4.69, 9.17) is 9.15 Å². The summed E-state index contributed by atoms with van der Waals surface area (Å²) in [6, 6.07) is 11.9. The minimum atomic E-state index is -0.159. The Labute approximate surface area is 158 Å². The number of aryl methyl sites for hydroxylation is 2. The van der Waals surface area contributed by atoms with Crippen LogP contribution in [0.4, 0.5) is 0 Å². The molecule has 0 atom stereocenters. The summed E-state index contributed by atoms with van der Waals surface area (Å²) in [5.74, 6) is 0.200. The summed E-state index contributed by atoms with van der Waals surface area (Å²) in [6.45, 7) is 3.87. The Morgan fingerprint density at radius 2 is 1.78 bits per heavy atom. The number of carbonyl (C=O) groups excluding carboxylic acids is 1. The van der Waals surface area contributed by atoms with Crippen LogP contribution in [0.2, 0.25) is 0 Å². The lowest BCUT2D eigenvalue weighted by molar-refractivity contribution is 0.0860. The van der Waals surface area contributed by atoms with Crippen molar-refractivity contribution in [2.45, 2.75) is 51.7 Å². The number of benzene rings is 1. The topological polar surface area (TPSA) is 77.2 Å². The number of ether oxygens (including phenoxy) is 1. The Hall–Kier alpha value is -2.89. The Bertz CT molecular complexity index is 905. The highest BCUT2D eigenvalue weighted by Gasteiger charge is 2.25. The molecule has 1 saturated carbocycles. The number of nitrogens with one attached hydrogen (secondary N) is 1. The molecule has 2 aromatic heterocycles. The highest BCUT2D eigenvalue weighted by Crippen LogP contribution is 2.24. The van der Waals surface area contributed by atoms with Gasteiger partial charge in [-0.1, -0.05) is 18.2 Å². The average molecular weight is 365 g/mol. The van der Waals surface area contributed by atoms with Crippen LogP contribution in [0, 0.1) is 13.8 Å². The number of carbonyl (C=O) groups is 1. The van der Waals surface area contributed by atoms with E-state index in [2.05, 4.69) is 15.3 Å². The summed E-state index contributed by atoms with van der Waals surface area (Å²) in [5.41, 5.74) is 2.54. The van der Waals surface area contributed by atoms with E-state index >= 15 is 0 Å². The van der Waals surface area contributed by atoms with Crippen LogP contribution in [-0.4, -0.2) is 28.0 Å². The fourth-order valence-corrected chi connectivity index (χ4v) is 3.57. The molecule has 0 aliphatic heterocycles. The van der Waals surface area contributed by atoms with Gasteiger partial charge < -0.3 is 14.5 Å². The van der Waals surface area contributed by atoms with E-state index in [0.29, 0.717) is 11.8 Å². The number of furan rings is 1. The lowest BCUT2D eigenvalue weighted by atomic mass is 9.93. The average Bonchev–Trinajstić information content (AvgIpc) is 3.07. The predicted octanol–water partition coefficient (Wildman–Crippen LogP) is 3.96. The number of aromatic nitrogens is 2. The van der Waals surface area contributed by atoms with Crippen molar-refractivity contribution in [1.82, 2.24) is 15.3 Å². The molecule has 1 aliphatic carbocycles. The highest BCUT2D eigenvalue weighted by atomic mass is 16.5. The van der Waals surface area contributed by atoms with Crippen LogP contribution in [0.5, 0.6) is 6.01 Å². The smallest absolute Gasteiger partial charge is 0.317 e. The molecular weight excluding hydrogens is 342 g/mol. The second kappa shape index (κ2) is 7.39. The van der Waals surface area contributed by atoms with Gasteiger partial charge in [0.1, 0.15) is 11.7 Å². The zero-order valence-corrected chi connectivity index (χ0v) is 15.6. The van der Waals surface area contributed by atoms with Crippen LogP contribution in [-0.2, 0) is 0 Å². The Kier molecular flexibility index (Phi) is 4.79. The fraction of sp³-hybridized carbons (Fsp3) is 0.381. The minimum absolute atomic E-state index is 0.0885. The van der Waals surface area contributed by atoms with Crippen molar-refractivity contribution in [3.63, 3.8) is 0 Å². The van der Waals surface area contributed by atoms with Gasteiger partial charge in [0.25, 0.3) is 5.91 Å². The van der Waals surface area contributed by atoms with Gasteiger partial charge in [-0.2, -0.15) is 0 Å². The van der Waals surface area contributed by atoms with Crippen molar-refractivity contribution < 1.29 is 13.9 Å². The summed E-state index contributed by atoms with van der Waals surface area (Å²) in [6.07, 6.45) is 3.54. The lowest BCUT2D eigenvalue weighted by Crippen LogP contribution is -2.39. The van der Waals surface area contributed by atoms with Crippen molar-refractivity contribution >= 4 is 16.9 Å². The number of amides is 1. The van der Waals surface area contributed by atoms with Gasteiger partial charge in [0.2, 0.25) is 0 Å². The Morgan fingerprint density at radius 3 is 2.48 bits per heavy atom. The third-order valence-corrected chi connectivity index (χ3v) is 4.89. The molecule has 6 nitrogen and oxygen atoms in total. The molecule has 1 fully saturated rings. The van der Waals surface area contributed by atoms with E-state index in [1.54, 1.807) is 6.07 Å². The summed E-state index contributed by atoms with van der Waals surface area (Å²) < 4.78 is 11.6. The minimum Gasteiger partial charge on any atom is -0.460 e. The summed E-state index contributed by atoms with van der Waals surface area (Å²) in [7, 11) is 0. The third-order valence-electron chi connectivity index (χ3n) is 4.89. The second-order valence-corrected chi connectivity index (χ2v) is 7.15. The molecule has 6 heteroatoms. The first kappa shape index (κ1) is 17.5. The van der Waals surface area contributed by atoms with Crippen molar-refractivity contribution in [3.8, 4) is 6.01 Å². The van der Waals surface area contributed by atoms with E-state index in [9.17, 15) is 4.79 Å². The largest absolute Gasteiger partial charge is 0.460 e. The predicted molar refractivity (Wildman–Crippen MR) is 102 cm³/mol. The Balaban J connectivity index is 1.31. The van der Waals surface area contributed by atoms with E-state index in [0.717, 1.165) is 48.0 Å². The summed E-state index contributed by atoms with van der Waals surface area (Å²) in [4.78, 5) is 21.2. The van der Waals surface area contributed by atoms with E-state index in [1.165, 1.54) is 0 Å². The van der Waals surface area contributed by atoms with Gasteiger partial charge in [-0.25, -0.2) is 9.97 Å². The zero-order chi connectivity index (χ0) is 18.8. The van der Waals surface area contributed by atoms with Gasteiger partial charge in [0.05, 0.1) is 0 Å². The number of rotatable bonds is 4. The zero-order valence-electron chi connectivity index (χ0n) is 15.6. The van der Waals surface area contributed by atoms with Gasteiger partial charge >= 0.3 is 6.01 Å². The SMILES string of the molecule is Cc1cc(C)nc(OC2CCC(NC(=O)c3cc4ccccc4o3)CC2)n1. The van der Waals surface area contributed by atoms with Crippen LogP contribution in [0.25, 0.3) is 11.0 Å². The molecule has 0 unspecified atom stereocenters. The molecule has 0 bridgehead atoms. The maximum absolute atomic E-state index is 12.5. The maximum atomic E-state index is 12.5. The van der Waals surface area contributed by atoms with Gasteiger partial charge in [-0.3, -0.25) is 4.79 Å². The summed E-state index contributed by atoms with van der Waals surface area (Å²) in [5, 5.41) is 4.02. The highest BCUT2D eigenvalue weighted by molar-refractivity contribution is 5.96. The van der Waals surface area contributed by atoms with E-state index in [-0.39, 0.29) is 18.1 Å². The first-order chi connectivity index (χ1) is 13.1. The van der Waals surface area contributed by atoms with Gasteiger partial charge in [0.15, 0.2) is 5.76 Å². The maximum Gasteiger partial charge on any atom is 0.317 e. The third kappa shape index (κ3) is 4.10.